The summed E-state index contributed by atoms with van der Waals surface area (Å²) in [5.41, 5.74) is 7.37. The van der Waals surface area contributed by atoms with Gasteiger partial charge in [0.2, 0.25) is 5.69 Å². The second-order valence-corrected chi connectivity index (χ2v) is 21.9. The van der Waals surface area contributed by atoms with E-state index in [9.17, 15) is 17.5 Å². The molecule has 0 amide bonds. The first-order valence-electron chi connectivity index (χ1n) is 39.1. The summed E-state index contributed by atoms with van der Waals surface area (Å²) in [6.45, 7) is 10.3. The number of para-hydroxylation sites is 4. The van der Waals surface area contributed by atoms with E-state index in [1.807, 2.05) is 137 Å². The van der Waals surface area contributed by atoms with Crippen molar-refractivity contribution in [1.29, 1.82) is 0 Å². The zero-order chi connectivity index (χ0) is 76.8. The molecular weight excluding hydrogens is 1090 g/mol. The van der Waals surface area contributed by atoms with Crippen molar-refractivity contribution in [2.45, 2.75) is 0 Å². The number of fused-ring (bicyclic) bond motifs is 12. The van der Waals surface area contributed by atoms with E-state index in [2.05, 4.69) is 9.13 Å². The number of hydrogen-bond donors (Lipinski definition) is 0. The van der Waals surface area contributed by atoms with Crippen LogP contribution in [0.5, 0.6) is 0 Å². The van der Waals surface area contributed by atoms with Crippen molar-refractivity contribution in [3.05, 3.63) is 332 Å². The average molecular weight is 1160 g/mol. The molecule has 418 valence electrons. The van der Waals surface area contributed by atoms with E-state index in [1.54, 1.807) is 72.8 Å². The van der Waals surface area contributed by atoms with Gasteiger partial charge in [-0.1, -0.05) is 248 Å². The van der Waals surface area contributed by atoms with Crippen LogP contribution in [0.4, 0.5) is 5.69 Å². The standard InChI is InChI=1S/C85H53N5/c1-86-81-84(89-72-39-21-17-35-64(72)65-36-18-22-40-73(65)89)82(87-76-47-43-60(55-25-7-2-8-26-55)51-68(76)69-52-61(44-48-77(69)87)56-27-9-3-10-28-56)80(59-33-15-6-16-34-59)83(85(81)90-74-41-23-19-37-66(74)67-38-20-24-42-75(67)90)88-78-49-45-62(57-29-11-4-12-30-57)53-70(78)71-54-63(46-50-79(71)88)58-31-13-5-14-32-58/h2-54H/i2D,3D,4D,5D,7D,8D,9D,10D,11D,12D,13D,14D,25D,26D,27D,28D,29D,30D,31D,32D. The fourth-order valence-electron chi connectivity index (χ4n) is 13.6. The summed E-state index contributed by atoms with van der Waals surface area (Å²) in [5, 5.41) is 4.93. The van der Waals surface area contributed by atoms with Gasteiger partial charge in [-0.05, 0) is 123 Å². The third-order valence-electron chi connectivity index (χ3n) is 17.3. The zero-order valence-corrected chi connectivity index (χ0v) is 47.3. The second kappa shape index (κ2) is 20.5. The summed E-state index contributed by atoms with van der Waals surface area (Å²) in [6.07, 6.45) is 0. The summed E-state index contributed by atoms with van der Waals surface area (Å²) in [4.78, 5) is 4.90. The Bertz CT molecular complexity index is 6370. The van der Waals surface area contributed by atoms with Crippen LogP contribution in [-0.2, 0) is 0 Å². The summed E-state index contributed by atoms with van der Waals surface area (Å²) < 4.78 is 189. The van der Waals surface area contributed by atoms with Gasteiger partial charge in [0, 0.05) is 48.7 Å². The Balaban J connectivity index is 1.13. The van der Waals surface area contributed by atoms with Crippen LogP contribution < -0.4 is 0 Å². The van der Waals surface area contributed by atoms with Crippen LogP contribution in [0.3, 0.4) is 0 Å². The molecule has 0 spiro atoms. The molecule has 0 saturated heterocycles. The number of nitrogens with zero attached hydrogens (tertiary/aromatic N) is 5. The molecule has 5 heteroatoms. The van der Waals surface area contributed by atoms with Crippen LogP contribution in [0.2, 0.25) is 0 Å². The van der Waals surface area contributed by atoms with Crippen LogP contribution in [0.25, 0.3) is 170 Å². The number of rotatable bonds is 9. The first-order valence-corrected chi connectivity index (χ1v) is 29.1. The van der Waals surface area contributed by atoms with E-state index < -0.39 is 121 Å². The fourth-order valence-corrected chi connectivity index (χ4v) is 13.6. The minimum atomic E-state index is -0.598. The van der Waals surface area contributed by atoms with Gasteiger partial charge in [0.1, 0.15) is 0 Å². The third kappa shape index (κ3) is 7.75. The summed E-state index contributed by atoms with van der Waals surface area (Å²) in [5.74, 6) is 0. The van der Waals surface area contributed by atoms with Gasteiger partial charge in [0.25, 0.3) is 0 Å². The van der Waals surface area contributed by atoms with Gasteiger partial charge in [-0.2, -0.15) is 0 Å². The quantitative estimate of drug-likeness (QED) is 0.129. The van der Waals surface area contributed by atoms with Crippen molar-refractivity contribution in [1.82, 2.24) is 18.3 Å². The SMILES string of the molecule is [2H]c1c([2H])c([2H])c(-c2ccc3c(c2)c2cc(-c4c([2H])c([2H])c([2H])c([2H])c4[2H])ccc2n3-c2c(-c3ccccc3)c(-n3c4ccc(-c5c([2H])c([2H])c([2H])c([2H])c5[2H])cc4c4cc(-c5c([2H])c([2H])c([2H])c([2H])c5[2H])ccc43)c(-n3c4ccccc4c4ccccc43)c([N+]#[C-])c2-n2c3ccccc3c3ccccc32)c([2H])c1[2H]. The first-order chi connectivity index (χ1) is 52.9. The van der Waals surface area contributed by atoms with Gasteiger partial charge in [0.15, 0.2) is 0 Å². The van der Waals surface area contributed by atoms with Crippen LogP contribution in [0.15, 0.2) is 321 Å². The van der Waals surface area contributed by atoms with Gasteiger partial charge in [-0.15, -0.1) is 0 Å². The van der Waals surface area contributed by atoms with Crippen molar-refractivity contribution in [2.24, 2.45) is 0 Å². The Labute approximate surface area is 547 Å². The third-order valence-corrected chi connectivity index (χ3v) is 17.3. The molecule has 0 radical (unpaired) electrons. The monoisotopic (exact) mass is 1160 g/mol. The highest BCUT2D eigenvalue weighted by atomic mass is 15.1. The molecule has 0 bridgehead atoms. The van der Waals surface area contributed by atoms with E-state index in [-0.39, 0.29) is 50.2 Å². The molecule has 0 aliphatic rings. The van der Waals surface area contributed by atoms with Crippen molar-refractivity contribution in [2.75, 3.05) is 0 Å². The van der Waals surface area contributed by atoms with E-state index in [4.69, 9.17) is 21.3 Å². The molecule has 0 fully saturated rings. The molecule has 18 rings (SSSR count). The highest BCUT2D eigenvalue weighted by molar-refractivity contribution is 6.19. The van der Waals surface area contributed by atoms with Gasteiger partial charge in [-0.3, -0.25) is 0 Å². The summed E-state index contributed by atoms with van der Waals surface area (Å²) in [7, 11) is 0. The molecule has 0 N–H and O–H groups in total. The minimum Gasteiger partial charge on any atom is -0.317 e. The van der Waals surface area contributed by atoms with Crippen molar-refractivity contribution < 1.29 is 27.4 Å². The first kappa shape index (κ1) is 34.8. The summed E-state index contributed by atoms with van der Waals surface area (Å²) in [6, 6.07) is 50.9. The van der Waals surface area contributed by atoms with Crippen molar-refractivity contribution in [3.63, 3.8) is 0 Å². The van der Waals surface area contributed by atoms with Gasteiger partial charge >= 0.3 is 0 Å². The highest BCUT2D eigenvalue weighted by Crippen LogP contribution is 2.55. The summed E-state index contributed by atoms with van der Waals surface area (Å²) >= 11 is 0. The maximum Gasteiger partial charge on any atom is 0.238 e. The molecule has 14 aromatic carbocycles. The average Bonchev–Trinajstić information content (AvgIpc) is 1.49. The van der Waals surface area contributed by atoms with Gasteiger partial charge < -0.3 is 18.3 Å². The number of hydrogen-bond acceptors (Lipinski definition) is 0. The molecule has 4 heterocycles. The lowest BCUT2D eigenvalue weighted by molar-refractivity contribution is 1.05. The molecule has 4 aromatic heterocycles. The normalized spacial score (nSPS) is 14.9. The van der Waals surface area contributed by atoms with Crippen LogP contribution in [-0.4, -0.2) is 18.3 Å². The lowest BCUT2D eigenvalue weighted by Gasteiger charge is -2.29. The number of benzene rings is 14. The largest absolute Gasteiger partial charge is 0.317 e. The predicted octanol–water partition coefficient (Wildman–Crippen LogP) is 23.0. The maximum atomic E-state index is 10.3. The van der Waals surface area contributed by atoms with Crippen LogP contribution in [0.1, 0.15) is 27.4 Å². The van der Waals surface area contributed by atoms with Crippen molar-refractivity contribution >= 4 is 92.9 Å². The molecule has 0 aliphatic heterocycles. The smallest absolute Gasteiger partial charge is 0.238 e. The molecule has 0 atom stereocenters. The van der Waals surface area contributed by atoms with Gasteiger partial charge in [-0.25, -0.2) is 4.85 Å². The van der Waals surface area contributed by atoms with Crippen LogP contribution >= 0.6 is 0 Å². The Kier molecular flexibility index (Phi) is 7.91. The second-order valence-electron chi connectivity index (χ2n) is 21.9. The van der Waals surface area contributed by atoms with E-state index >= 15 is 0 Å². The fraction of sp³-hybridized carbons (Fsp3) is 0. The van der Waals surface area contributed by atoms with E-state index in [0.717, 1.165) is 21.5 Å². The Morgan fingerprint density at radius 3 is 0.778 bits per heavy atom. The van der Waals surface area contributed by atoms with E-state index in [1.165, 1.54) is 0 Å². The molecule has 90 heavy (non-hydrogen) atoms. The highest BCUT2D eigenvalue weighted by Gasteiger charge is 2.35. The van der Waals surface area contributed by atoms with Crippen molar-refractivity contribution in [3.8, 4) is 78.4 Å². The minimum absolute atomic E-state index is 0.0793. The van der Waals surface area contributed by atoms with Crippen LogP contribution in [0, 0.1) is 6.57 Å². The molecule has 0 unspecified atom stereocenters. The van der Waals surface area contributed by atoms with E-state index in [0.29, 0.717) is 99.6 Å². The Hall–Kier alpha value is -12.2. The lowest BCUT2D eigenvalue weighted by Crippen LogP contribution is -2.14. The molecule has 18 aromatic rings. The predicted molar refractivity (Wildman–Crippen MR) is 377 cm³/mol. The molecular formula is C85H53N5. The maximum absolute atomic E-state index is 10.3. The Morgan fingerprint density at radius 1 is 0.233 bits per heavy atom. The molecule has 0 saturated carbocycles. The zero-order valence-electron chi connectivity index (χ0n) is 67.3. The topological polar surface area (TPSA) is 24.1 Å². The lowest BCUT2D eigenvalue weighted by atomic mass is 9.95. The Morgan fingerprint density at radius 2 is 0.489 bits per heavy atom. The number of aromatic nitrogens is 4. The molecule has 5 nitrogen and oxygen atoms in total. The molecule has 0 aliphatic carbocycles. The van der Waals surface area contributed by atoms with Gasteiger partial charge in [0.05, 0.1) is 101 Å².